The lowest BCUT2D eigenvalue weighted by Gasteiger charge is -2.13. The molecule has 3 nitrogen and oxygen atoms in total. The fourth-order valence-corrected chi connectivity index (χ4v) is 1.70. The molecule has 0 saturated carbocycles. The fraction of sp³-hybridized carbons (Fsp3) is 0.154. The van der Waals surface area contributed by atoms with Crippen LogP contribution in [-0.2, 0) is 12.7 Å². The Morgan fingerprint density at radius 1 is 1.19 bits per heavy atom. The van der Waals surface area contributed by atoms with Gasteiger partial charge in [-0.05, 0) is 18.2 Å². The SMILES string of the molecule is NCc1ccc(C(F)(F)F)nc1Oc1cccc(Cl)c1F. The summed E-state index contributed by atoms with van der Waals surface area (Å²) < 4.78 is 56.7. The van der Waals surface area contributed by atoms with Gasteiger partial charge in [0, 0.05) is 12.1 Å². The van der Waals surface area contributed by atoms with Crippen LogP contribution >= 0.6 is 11.6 Å². The van der Waals surface area contributed by atoms with Gasteiger partial charge in [0.05, 0.1) is 5.02 Å². The van der Waals surface area contributed by atoms with Crippen LogP contribution in [0.3, 0.4) is 0 Å². The molecule has 0 amide bonds. The van der Waals surface area contributed by atoms with Gasteiger partial charge in [-0.1, -0.05) is 23.7 Å². The summed E-state index contributed by atoms with van der Waals surface area (Å²) in [4.78, 5) is 3.34. The van der Waals surface area contributed by atoms with Gasteiger partial charge in [-0.3, -0.25) is 0 Å². The third kappa shape index (κ3) is 3.43. The van der Waals surface area contributed by atoms with Crippen LogP contribution in [-0.4, -0.2) is 4.98 Å². The molecule has 0 saturated heterocycles. The third-order valence-corrected chi connectivity index (χ3v) is 2.86. The number of hydrogen-bond donors (Lipinski definition) is 1. The molecule has 0 unspecified atom stereocenters. The van der Waals surface area contributed by atoms with Gasteiger partial charge in [0.15, 0.2) is 11.6 Å². The van der Waals surface area contributed by atoms with Crippen molar-refractivity contribution < 1.29 is 22.3 Å². The zero-order chi connectivity index (χ0) is 15.6. The molecule has 0 fully saturated rings. The minimum absolute atomic E-state index is 0.108. The van der Waals surface area contributed by atoms with E-state index in [1.807, 2.05) is 0 Å². The number of nitrogens with two attached hydrogens (primary N) is 1. The van der Waals surface area contributed by atoms with E-state index in [1.54, 1.807) is 0 Å². The van der Waals surface area contributed by atoms with Crippen molar-refractivity contribution in [2.24, 2.45) is 5.73 Å². The zero-order valence-corrected chi connectivity index (χ0v) is 11.2. The number of rotatable bonds is 3. The molecule has 2 N–H and O–H groups in total. The highest BCUT2D eigenvalue weighted by Gasteiger charge is 2.33. The number of benzene rings is 1. The van der Waals surface area contributed by atoms with Crippen LogP contribution < -0.4 is 10.5 Å². The average molecular weight is 321 g/mol. The van der Waals surface area contributed by atoms with Gasteiger partial charge in [0.1, 0.15) is 5.69 Å². The lowest BCUT2D eigenvalue weighted by Crippen LogP contribution is -2.11. The molecule has 112 valence electrons. The molecule has 1 aromatic heterocycles. The van der Waals surface area contributed by atoms with Gasteiger partial charge in [-0.15, -0.1) is 0 Å². The normalized spacial score (nSPS) is 11.5. The molecule has 8 heteroatoms. The van der Waals surface area contributed by atoms with Gasteiger partial charge in [-0.25, -0.2) is 9.37 Å². The van der Waals surface area contributed by atoms with Crippen molar-refractivity contribution in [1.82, 2.24) is 4.98 Å². The fourth-order valence-electron chi connectivity index (χ4n) is 1.54. The molecule has 1 heterocycles. The molecule has 0 spiro atoms. The van der Waals surface area contributed by atoms with Crippen LogP contribution in [0.2, 0.25) is 5.02 Å². The number of alkyl halides is 3. The van der Waals surface area contributed by atoms with Crippen LogP contribution in [0.15, 0.2) is 30.3 Å². The van der Waals surface area contributed by atoms with Gasteiger partial charge < -0.3 is 10.5 Å². The Hall–Kier alpha value is -1.86. The van der Waals surface area contributed by atoms with Crippen molar-refractivity contribution in [2.75, 3.05) is 0 Å². The Morgan fingerprint density at radius 3 is 2.52 bits per heavy atom. The summed E-state index contributed by atoms with van der Waals surface area (Å²) in [6.07, 6.45) is -4.64. The molecule has 0 aliphatic carbocycles. The summed E-state index contributed by atoms with van der Waals surface area (Å²) in [5.41, 5.74) is 4.47. The molecule has 0 atom stereocenters. The molecular weight excluding hydrogens is 312 g/mol. The van der Waals surface area contributed by atoms with E-state index in [-0.39, 0.29) is 22.9 Å². The van der Waals surface area contributed by atoms with Crippen LogP contribution in [0.5, 0.6) is 11.6 Å². The van der Waals surface area contributed by atoms with Gasteiger partial charge >= 0.3 is 6.18 Å². The van der Waals surface area contributed by atoms with E-state index in [9.17, 15) is 17.6 Å². The maximum atomic E-state index is 13.7. The van der Waals surface area contributed by atoms with E-state index in [4.69, 9.17) is 22.1 Å². The summed E-state index contributed by atoms with van der Waals surface area (Å²) in [6.45, 7) is -0.108. The Balaban J connectivity index is 2.44. The lowest BCUT2D eigenvalue weighted by atomic mass is 10.2. The quantitative estimate of drug-likeness (QED) is 0.864. The van der Waals surface area contributed by atoms with E-state index in [0.717, 1.165) is 12.1 Å². The molecule has 0 bridgehead atoms. The predicted molar refractivity (Wildman–Crippen MR) is 68.6 cm³/mol. The first kappa shape index (κ1) is 15.5. The second-order valence-corrected chi connectivity index (χ2v) is 4.42. The highest BCUT2D eigenvalue weighted by Crippen LogP contribution is 2.33. The Kier molecular flexibility index (Phi) is 4.34. The first-order valence-corrected chi connectivity index (χ1v) is 6.09. The van der Waals surface area contributed by atoms with Crippen LogP contribution in [0, 0.1) is 5.82 Å². The number of halogens is 5. The van der Waals surface area contributed by atoms with Crippen LogP contribution in [0.4, 0.5) is 17.6 Å². The number of nitrogens with zero attached hydrogens (tertiary/aromatic N) is 1. The van der Waals surface area contributed by atoms with Crippen molar-refractivity contribution in [3.05, 3.63) is 52.4 Å². The van der Waals surface area contributed by atoms with E-state index >= 15 is 0 Å². The Bertz CT molecular complexity index is 661. The molecule has 21 heavy (non-hydrogen) atoms. The standard InChI is InChI=1S/C13H9ClF4N2O/c14-8-2-1-3-9(11(8)15)21-12-7(6-19)4-5-10(20-12)13(16,17)18/h1-5H,6,19H2. The highest BCUT2D eigenvalue weighted by molar-refractivity contribution is 6.30. The van der Waals surface area contributed by atoms with E-state index in [0.29, 0.717) is 0 Å². The van der Waals surface area contributed by atoms with Crippen molar-refractivity contribution >= 4 is 11.6 Å². The minimum atomic E-state index is -4.64. The maximum Gasteiger partial charge on any atom is 0.433 e. The molecular formula is C13H9ClF4N2O. The summed E-state index contributed by atoms with van der Waals surface area (Å²) in [7, 11) is 0. The predicted octanol–water partition coefficient (Wildman–Crippen LogP) is 4.14. The summed E-state index contributed by atoms with van der Waals surface area (Å²) >= 11 is 5.58. The summed E-state index contributed by atoms with van der Waals surface area (Å²) in [5.74, 6) is -1.63. The Morgan fingerprint density at radius 2 is 1.90 bits per heavy atom. The highest BCUT2D eigenvalue weighted by atomic mass is 35.5. The molecule has 0 aliphatic rings. The van der Waals surface area contributed by atoms with Gasteiger partial charge in [0.2, 0.25) is 5.88 Å². The van der Waals surface area contributed by atoms with Crippen molar-refractivity contribution in [1.29, 1.82) is 0 Å². The molecule has 0 aliphatic heterocycles. The lowest BCUT2D eigenvalue weighted by molar-refractivity contribution is -0.141. The first-order chi connectivity index (χ1) is 9.82. The second-order valence-electron chi connectivity index (χ2n) is 4.02. The monoisotopic (exact) mass is 320 g/mol. The maximum absolute atomic E-state index is 13.7. The van der Waals surface area contributed by atoms with Gasteiger partial charge in [0.25, 0.3) is 0 Å². The minimum Gasteiger partial charge on any atom is -0.436 e. The van der Waals surface area contributed by atoms with E-state index in [1.165, 1.54) is 18.2 Å². The number of pyridine rings is 1. The molecule has 0 radical (unpaired) electrons. The van der Waals surface area contributed by atoms with Crippen LogP contribution in [0.25, 0.3) is 0 Å². The topological polar surface area (TPSA) is 48.1 Å². The molecule has 2 rings (SSSR count). The summed E-state index contributed by atoms with van der Waals surface area (Å²) in [6, 6.07) is 5.82. The van der Waals surface area contributed by atoms with Crippen LogP contribution in [0.1, 0.15) is 11.3 Å². The largest absolute Gasteiger partial charge is 0.436 e. The second kappa shape index (κ2) is 5.87. The molecule has 2 aromatic rings. The van der Waals surface area contributed by atoms with Crippen molar-refractivity contribution in [2.45, 2.75) is 12.7 Å². The first-order valence-electron chi connectivity index (χ1n) is 5.72. The summed E-state index contributed by atoms with van der Waals surface area (Å²) in [5, 5.41) is -0.214. The van der Waals surface area contributed by atoms with Crippen molar-refractivity contribution in [3.8, 4) is 11.6 Å². The third-order valence-electron chi connectivity index (χ3n) is 2.57. The zero-order valence-electron chi connectivity index (χ0n) is 10.4. The van der Waals surface area contributed by atoms with Crippen molar-refractivity contribution in [3.63, 3.8) is 0 Å². The van der Waals surface area contributed by atoms with E-state index < -0.39 is 23.6 Å². The smallest absolute Gasteiger partial charge is 0.433 e. The Labute approximate surface area is 122 Å². The van der Waals surface area contributed by atoms with Gasteiger partial charge in [-0.2, -0.15) is 13.2 Å². The molecule has 1 aromatic carbocycles. The number of ether oxygens (including phenoxy) is 1. The number of hydrogen-bond acceptors (Lipinski definition) is 3. The number of aromatic nitrogens is 1. The average Bonchev–Trinajstić information content (AvgIpc) is 2.43. The van der Waals surface area contributed by atoms with E-state index in [2.05, 4.69) is 4.98 Å².